The van der Waals surface area contributed by atoms with Crippen molar-refractivity contribution in [1.29, 1.82) is 5.26 Å². The predicted molar refractivity (Wildman–Crippen MR) is 51.3 cm³/mol. The number of benzene rings is 1. The fraction of sp³-hybridized carbons (Fsp3) is 0.364. The molecular weight excluding hydrogens is 238 g/mol. The normalized spacial score (nSPS) is 10.5. The lowest BCUT2D eigenvalue weighted by molar-refractivity contribution is 0.238. The average Bonchev–Trinajstić information content (AvgIpc) is 2.27. The summed E-state index contributed by atoms with van der Waals surface area (Å²) in [5.41, 5.74) is -1.29. The highest BCUT2D eigenvalue weighted by Crippen LogP contribution is 2.29. The molecule has 0 atom stereocenters. The molecule has 92 valence electrons. The molecule has 0 radical (unpaired) electrons. The topological polar surface area (TPSA) is 33.0 Å². The molecule has 0 saturated heterocycles. The first-order valence-corrected chi connectivity index (χ1v) is 4.79. The molecule has 0 bridgehead atoms. The van der Waals surface area contributed by atoms with E-state index in [1.54, 1.807) is 13.8 Å². The molecule has 0 saturated carbocycles. The number of ether oxygens (including phenoxy) is 1. The van der Waals surface area contributed by atoms with Gasteiger partial charge in [-0.25, -0.2) is 8.78 Å². The number of halogens is 4. The first-order valence-electron chi connectivity index (χ1n) is 4.79. The van der Waals surface area contributed by atoms with Crippen LogP contribution in [-0.2, 0) is 0 Å². The van der Waals surface area contributed by atoms with Crippen molar-refractivity contribution in [3.63, 3.8) is 0 Å². The fourth-order valence-electron chi connectivity index (χ4n) is 1.09. The third-order valence-corrected chi connectivity index (χ3v) is 1.90. The van der Waals surface area contributed by atoms with Gasteiger partial charge in [-0.3, -0.25) is 0 Å². The molecule has 0 N–H and O–H groups in total. The third-order valence-electron chi connectivity index (χ3n) is 1.90. The van der Waals surface area contributed by atoms with Crippen molar-refractivity contribution in [2.75, 3.05) is 6.61 Å². The first kappa shape index (κ1) is 13.3. The molecule has 1 aromatic carbocycles. The number of nitriles is 1. The van der Waals surface area contributed by atoms with Crippen LogP contribution in [0.4, 0.5) is 17.6 Å². The Morgan fingerprint density at radius 1 is 1.06 bits per heavy atom. The van der Waals surface area contributed by atoms with E-state index in [9.17, 15) is 17.6 Å². The highest BCUT2D eigenvalue weighted by Gasteiger charge is 2.26. The summed E-state index contributed by atoms with van der Waals surface area (Å²) in [6.45, 7) is 3.30. The minimum atomic E-state index is -1.75. The van der Waals surface area contributed by atoms with Crippen molar-refractivity contribution in [3.8, 4) is 11.8 Å². The lowest BCUT2D eigenvalue weighted by atomic mass is 10.2. The van der Waals surface area contributed by atoms with E-state index < -0.39 is 34.6 Å². The molecular formula is C11H9F4NO. The summed E-state index contributed by atoms with van der Waals surface area (Å²) in [7, 11) is 0. The van der Waals surface area contributed by atoms with E-state index >= 15 is 0 Å². The zero-order valence-corrected chi connectivity index (χ0v) is 9.15. The van der Waals surface area contributed by atoms with Crippen LogP contribution in [0.3, 0.4) is 0 Å². The van der Waals surface area contributed by atoms with Gasteiger partial charge in [0.1, 0.15) is 11.6 Å². The standard InChI is InChI=1S/C11H9F4NO/c1-5(2)4-17-11-9(14)7(12)6(3-16)8(13)10(11)15/h5H,4H2,1-2H3. The van der Waals surface area contributed by atoms with Crippen molar-refractivity contribution in [2.24, 2.45) is 5.92 Å². The minimum Gasteiger partial charge on any atom is -0.487 e. The molecule has 0 aliphatic heterocycles. The summed E-state index contributed by atoms with van der Waals surface area (Å²) in [6, 6.07) is 1.05. The molecule has 6 heteroatoms. The van der Waals surface area contributed by atoms with Gasteiger partial charge in [0.2, 0.25) is 11.6 Å². The van der Waals surface area contributed by atoms with Crippen LogP contribution >= 0.6 is 0 Å². The van der Waals surface area contributed by atoms with E-state index in [4.69, 9.17) is 5.26 Å². The fourth-order valence-corrected chi connectivity index (χ4v) is 1.09. The van der Waals surface area contributed by atoms with Crippen LogP contribution in [-0.4, -0.2) is 6.61 Å². The monoisotopic (exact) mass is 247 g/mol. The first-order chi connectivity index (χ1) is 7.90. The Morgan fingerprint density at radius 3 is 1.88 bits per heavy atom. The quantitative estimate of drug-likeness (QED) is 0.607. The zero-order valence-electron chi connectivity index (χ0n) is 9.15. The molecule has 0 spiro atoms. The van der Waals surface area contributed by atoms with Gasteiger partial charge in [-0.1, -0.05) is 13.8 Å². The Morgan fingerprint density at radius 2 is 1.53 bits per heavy atom. The van der Waals surface area contributed by atoms with Gasteiger partial charge in [0, 0.05) is 0 Å². The second-order valence-electron chi connectivity index (χ2n) is 3.78. The Kier molecular flexibility index (Phi) is 3.94. The summed E-state index contributed by atoms with van der Waals surface area (Å²) >= 11 is 0. The summed E-state index contributed by atoms with van der Waals surface area (Å²) < 4.78 is 57.5. The second-order valence-corrected chi connectivity index (χ2v) is 3.78. The van der Waals surface area contributed by atoms with Crippen molar-refractivity contribution in [1.82, 2.24) is 0 Å². The molecule has 17 heavy (non-hydrogen) atoms. The van der Waals surface area contributed by atoms with Gasteiger partial charge >= 0.3 is 0 Å². The summed E-state index contributed by atoms with van der Waals surface area (Å²) in [6.07, 6.45) is 0. The predicted octanol–water partition coefficient (Wildman–Crippen LogP) is 3.15. The third kappa shape index (κ3) is 2.49. The SMILES string of the molecule is CC(C)COc1c(F)c(F)c(C#N)c(F)c1F. The van der Waals surface area contributed by atoms with Gasteiger partial charge in [-0.2, -0.15) is 14.0 Å². The van der Waals surface area contributed by atoms with Gasteiger partial charge < -0.3 is 4.74 Å². The van der Waals surface area contributed by atoms with E-state index in [0.717, 1.165) is 6.07 Å². The Labute approximate surface area is 95.4 Å². The highest BCUT2D eigenvalue weighted by atomic mass is 19.2. The molecule has 0 unspecified atom stereocenters. The van der Waals surface area contributed by atoms with E-state index in [1.807, 2.05) is 0 Å². The maximum absolute atomic E-state index is 13.3. The molecule has 2 nitrogen and oxygen atoms in total. The van der Waals surface area contributed by atoms with E-state index in [1.165, 1.54) is 0 Å². The van der Waals surface area contributed by atoms with Crippen molar-refractivity contribution < 1.29 is 22.3 Å². The lowest BCUT2D eigenvalue weighted by Gasteiger charge is -2.11. The minimum absolute atomic E-state index is 0.0736. The second kappa shape index (κ2) is 5.04. The van der Waals surface area contributed by atoms with Gasteiger partial charge in [-0.05, 0) is 5.92 Å². The van der Waals surface area contributed by atoms with Crippen molar-refractivity contribution in [2.45, 2.75) is 13.8 Å². The number of hydrogen-bond acceptors (Lipinski definition) is 2. The number of rotatable bonds is 3. The van der Waals surface area contributed by atoms with Gasteiger partial charge in [0.15, 0.2) is 17.4 Å². The van der Waals surface area contributed by atoms with Crippen LogP contribution in [0.1, 0.15) is 19.4 Å². The van der Waals surface area contributed by atoms with Crippen LogP contribution < -0.4 is 4.74 Å². The number of hydrogen-bond donors (Lipinski definition) is 0. The Hall–Kier alpha value is -1.77. The molecule has 0 aliphatic carbocycles. The van der Waals surface area contributed by atoms with E-state index in [2.05, 4.69) is 4.74 Å². The van der Waals surface area contributed by atoms with Crippen molar-refractivity contribution >= 4 is 0 Å². The maximum atomic E-state index is 13.3. The Bertz CT molecular complexity index is 450. The summed E-state index contributed by atoms with van der Waals surface area (Å²) in [4.78, 5) is 0. The van der Waals surface area contributed by atoms with Gasteiger partial charge in [0.05, 0.1) is 6.61 Å². The molecule has 1 aromatic rings. The van der Waals surface area contributed by atoms with E-state index in [-0.39, 0.29) is 12.5 Å². The maximum Gasteiger partial charge on any atom is 0.205 e. The molecule has 1 rings (SSSR count). The van der Waals surface area contributed by atoms with Crippen LogP contribution in [0.5, 0.6) is 5.75 Å². The number of nitrogens with zero attached hydrogens (tertiary/aromatic N) is 1. The highest BCUT2D eigenvalue weighted by molar-refractivity contribution is 5.40. The zero-order chi connectivity index (χ0) is 13.2. The van der Waals surface area contributed by atoms with Gasteiger partial charge in [-0.15, -0.1) is 0 Å². The summed E-state index contributed by atoms with van der Waals surface area (Å²) in [5.74, 6) is -8.08. The van der Waals surface area contributed by atoms with Crippen LogP contribution in [0.15, 0.2) is 0 Å². The summed E-state index contributed by atoms with van der Waals surface area (Å²) in [5, 5.41) is 8.35. The molecule has 0 amide bonds. The lowest BCUT2D eigenvalue weighted by Crippen LogP contribution is -2.10. The molecule has 0 aliphatic rings. The van der Waals surface area contributed by atoms with Crippen LogP contribution in [0, 0.1) is 40.5 Å². The largest absolute Gasteiger partial charge is 0.487 e. The van der Waals surface area contributed by atoms with Crippen LogP contribution in [0.2, 0.25) is 0 Å². The van der Waals surface area contributed by atoms with E-state index in [0.29, 0.717) is 0 Å². The van der Waals surface area contributed by atoms with Gasteiger partial charge in [0.25, 0.3) is 0 Å². The molecule has 0 fully saturated rings. The Balaban J connectivity index is 3.29. The van der Waals surface area contributed by atoms with Crippen LogP contribution in [0.25, 0.3) is 0 Å². The smallest absolute Gasteiger partial charge is 0.205 e. The molecule has 0 heterocycles. The van der Waals surface area contributed by atoms with Crippen molar-refractivity contribution in [3.05, 3.63) is 28.8 Å². The molecule has 0 aromatic heterocycles. The average molecular weight is 247 g/mol.